The van der Waals surface area contributed by atoms with Crippen LogP contribution in [-0.2, 0) is 10.2 Å². The Kier molecular flexibility index (Phi) is 4.55. The summed E-state index contributed by atoms with van der Waals surface area (Å²) in [7, 11) is 1.60. The van der Waals surface area contributed by atoms with Crippen molar-refractivity contribution in [1.82, 2.24) is 19.6 Å². The zero-order valence-corrected chi connectivity index (χ0v) is 16.9. The number of methoxy groups -OCH3 is 1. The lowest BCUT2D eigenvalue weighted by atomic mass is 9.85. The van der Waals surface area contributed by atoms with Crippen LogP contribution in [0, 0.1) is 0 Å². The van der Waals surface area contributed by atoms with Gasteiger partial charge in [0.25, 0.3) is 0 Å². The number of fused-ring (bicyclic) bond motifs is 2. The summed E-state index contributed by atoms with van der Waals surface area (Å²) in [6.07, 6.45) is 1.08. The van der Waals surface area contributed by atoms with Gasteiger partial charge in [0.15, 0.2) is 17.6 Å². The molecule has 1 atom stereocenters. The highest BCUT2D eigenvalue weighted by Gasteiger charge is 2.24. The quantitative estimate of drug-likeness (QED) is 0.577. The molecule has 0 aliphatic rings. The highest BCUT2D eigenvalue weighted by atomic mass is 16.5. The number of rotatable bonds is 4. The maximum absolute atomic E-state index is 11.6. The molecule has 0 spiro atoms. The van der Waals surface area contributed by atoms with Gasteiger partial charge in [0, 0.05) is 18.7 Å². The Morgan fingerprint density at radius 3 is 2.59 bits per heavy atom. The molecule has 0 bridgehead atoms. The molecule has 7 heteroatoms. The molecule has 0 saturated heterocycles. The minimum atomic E-state index is -0.550. The third-order valence-corrected chi connectivity index (χ3v) is 5.00. The van der Waals surface area contributed by atoms with E-state index in [1.165, 1.54) is 0 Å². The minimum absolute atomic E-state index is 0.0500. The molecule has 4 rings (SSSR count). The van der Waals surface area contributed by atoms with Crippen LogP contribution in [0.5, 0.6) is 0 Å². The zero-order chi connectivity index (χ0) is 20.8. The number of carbonyl (C=O) groups excluding carboxylic acids is 1. The Labute approximate surface area is 168 Å². The van der Waals surface area contributed by atoms with Gasteiger partial charge in [0.2, 0.25) is 5.91 Å². The van der Waals surface area contributed by atoms with Gasteiger partial charge in [0.05, 0.1) is 16.8 Å². The lowest BCUT2D eigenvalue weighted by Gasteiger charge is -2.21. The van der Waals surface area contributed by atoms with Crippen molar-refractivity contribution in [3.05, 3.63) is 71.3 Å². The molecule has 7 nitrogen and oxygen atoms in total. The lowest BCUT2D eigenvalue weighted by molar-refractivity contribution is 0.0999. The SMILES string of the molecule is COC(c1ccc2cccc(C(C)(C)C)c2n1)c1nnc2ccc(C(N)=O)cn12. The van der Waals surface area contributed by atoms with E-state index in [1.807, 2.05) is 12.1 Å². The summed E-state index contributed by atoms with van der Waals surface area (Å²) in [6, 6.07) is 13.5. The monoisotopic (exact) mass is 389 g/mol. The fourth-order valence-electron chi connectivity index (χ4n) is 3.50. The molecule has 0 fully saturated rings. The molecule has 0 radical (unpaired) electrons. The first-order valence-electron chi connectivity index (χ1n) is 9.37. The number of benzene rings is 1. The average molecular weight is 389 g/mol. The van der Waals surface area contributed by atoms with E-state index in [0.717, 1.165) is 22.2 Å². The Morgan fingerprint density at radius 1 is 1.10 bits per heavy atom. The van der Waals surface area contributed by atoms with Crippen molar-refractivity contribution in [2.75, 3.05) is 7.11 Å². The first-order valence-corrected chi connectivity index (χ1v) is 9.37. The number of hydrogen-bond donors (Lipinski definition) is 1. The van der Waals surface area contributed by atoms with E-state index >= 15 is 0 Å². The number of nitrogens with two attached hydrogens (primary N) is 1. The Morgan fingerprint density at radius 2 is 1.90 bits per heavy atom. The molecule has 2 N–H and O–H groups in total. The van der Waals surface area contributed by atoms with Crippen molar-refractivity contribution in [3.63, 3.8) is 0 Å². The van der Waals surface area contributed by atoms with Crippen LogP contribution in [0.3, 0.4) is 0 Å². The van der Waals surface area contributed by atoms with Crippen LogP contribution in [0.4, 0.5) is 0 Å². The molecular weight excluding hydrogens is 366 g/mol. The number of aromatic nitrogens is 4. The summed E-state index contributed by atoms with van der Waals surface area (Å²) >= 11 is 0. The lowest BCUT2D eigenvalue weighted by Crippen LogP contribution is -2.15. The number of carbonyl (C=O) groups is 1. The highest BCUT2D eigenvalue weighted by Crippen LogP contribution is 2.31. The van der Waals surface area contributed by atoms with Gasteiger partial charge < -0.3 is 10.5 Å². The molecule has 0 aliphatic heterocycles. The summed E-state index contributed by atoms with van der Waals surface area (Å²) in [4.78, 5) is 16.5. The van der Waals surface area contributed by atoms with E-state index in [9.17, 15) is 4.79 Å². The van der Waals surface area contributed by atoms with Gasteiger partial charge in [-0.1, -0.05) is 45.0 Å². The topological polar surface area (TPSA) is 95.4 Å². The van der Waals surface area contributed by atoms with Crippen molar-refractivity contribution in [2.24, 2.45) is 5.73 Å². The molecule has 29 heavy (non-hydrogen) atoms. The van der Waals surface area contributed by atoms with E-state index in [2.05, 4.69) is 49.2 Å². The molecule has 1 unspecified atom stereocenters. The average Bonchev–Trinajstić information content (AvgIpc) is 3.10. The predicted octanol–water partition coefficient (Wildman–Crippen LogP) is 3.41. The number of amides is 1. The third kappa shape index (κ3) is 3.34. The Bertz CT molecular complexity index is 1220. The van der Waals surface area contributed by atoms with Crippen LogP contribution in [0.25, 0.3) is 16.6 Å². The summed E-state index contributed by atoms with van der Waals surface area (Å²) in [6.45, 7) is 6.50. The van der Waals surface area contributed by atoms with Gasteiger partial charge in [0.1, 0.15) is 0 Å². The Hall–Kier alpha value is -3.32. The predicted molar refractivity (Wildman–Crippen MR) is 111 cm³/mol. The number of ether oxygens (including phenoxy) is 1. The van der Waals surface area contributed by atoms with Crippen LogP contribution in [0.2, 0.25) is 0 Å². The van der Waals surface area contributed by atoms with Gasteiger partial charge >= 0.3 is 0 Å². The third-order valence-electron chi connectivity index (χ3n) is 5.00. The van der Waals surface area contributed by atoms with E-state index in [1.54, 1.807) is 29.8 Å². The normalized spacial score (nSPS) is 13.1. The summed E-state index contributed by atoms with van der Waals surface area (Å²) < 4.78 is 7.48. The minimum Gasteiger partial charge on any atom is -0.367 e. The fourth-order valence-corrected chi connectivity index (χ4v) is 3.50. The zero-order valence-electron chi connectivity index (χ0n) is 16.9. The highest BCUT2D eigenvalue weighted by molar-refractivity contribution is 5.92. The summed E-state index contributed by atoms with van der Waals surface area (Å²) in [5.74, 6) is 0.0184. The van der Waals surface area contributed by atoms with Crippen LogP contribution in [0.15, 0.2) is 48.7 Å². The van der Waals surface area contributed by atoms with Crippen molar-refractivity contribution in [2.45, 2.75) is 32.3 Å². The van der Waals surface area contributed by atoms with Crippen LogP contribution >= 0.6 is 0 Å². The standard InChI is InChI=1S/C22H23N5O2/c1-22(2,3)15-7-5-6-13-8-10-16(24-18(13)15)19(29-4)21-26-25-17-11-9-14(20(23)28)12-27(17)21/h5-12,19H,1-4H3,(H2,23,28). The number of para-hydroxylation sites is 1. The van der Waals surface area contributed by atoms with Crippen molar-refractivity contribution < 1.29 is 9.53 Å². The van der Waals surface area contributed by atoms with Gasteiger partial charge in [-0.2, -0.15) is 0 Å². The summed E-state index contributed by atoms with van der Waals surface area (Å²) in [5, 5.41) is 9.54. The maximum atomic E-state index is 11.6. The molecule has 1 amide bonds. The second kappa shape index (κ2) is 6.93. The van der Waals surface area contributed by atoms with Crippen molar-refractivity contribution >= 4 is 22.5 Å². The first-order chi connectivity index (χ1) is 13.8. The van der Waals surface area contributed by atoms with Crippen LogP contribution in [0.1, 0.15) is 54.3 Å². The molecule has 0 saturated carbocycles. The second-order valence-corrected chi connectivity index (χ2v) is 8.05. The van der Waals surface area contributed by atoms with Crippen LogP contribution < -0.4 is 5.73 Å². The molecule has 4 aromatic rings. The van der Waals surface area contributed by atoms with Gasteiger partial charge in [-0.3, -0.25) is 9.20 Å². The number of primary amides is 1. The molecule has 3 heterocycles. The molecule has 3 aromatic heterocycles. The molecule has 0 aliphatic carbocycles. The number of pyridine rings is 2. The molecular formula is C22H23N5O2. The molecule has 148 valence electrons. The van der Waals surface area contributed by atoms with E-state index in [-0.39, 0.29) is 5.41 Å². The smallest absolute Gasteiger partial charge is 0.250 e. The van der Waals surface area contributed by atoms with Crippen molar-refractivity contribution in [1.29, 1.82) is 0 Å². The maximum Gasteiger partial charge on any atom is 0.250 e. The van der Waals surface area contributed by atoms with E-state index < -0.39 is 12.0 Å². The summed E-state index contributed by atoms with van der Waals surface area (Å²) in [5.41, 5.74) is 9.16. The largest absolute Gasteiger partial charge is 0.367 e. The fraction of sp³-hybridized carbons (Fsp3) is 0.273. The first kappa shape index (κ1) is 19.0. The van der Waals surface area contributed by atoms with Gasteiger partial charge in [-0.05, 0) is 29.2 Å². The second-order valence-electron chi connectivity index (χ2n) is 8.05. The number of nitrogens with zero attached hydrogens (tertiary/aromatic N) is 4. The van der Waals surface area contributed by atoms with E-state index in [0.29, 0.717) is 17.0 Å². The Balaban J connectivity index is 1.89. The molecule has 1 aromatic carbocycles. The van der Waals surface area contributed by atoms with Crippen molar-refractivity contribution in [3.8, 4) is 0 Å². The van der Waals surface area contributed by atoms with Crippen LogP contribution in [-0.4, -0.2) is 32.6 Å². The number of hydrogen-bond acceptors (Lipinski definition) is 5. The van der Waals surface area contributed by atoms with Gasteiger partial charge in [-0.25, -0.2) is 4.98 Å². The van der Waals surface area contributed by atoms with Gasteiger partial charge in [-0.15, -0.1) is 10.2 Å². The van der Waals surface area contributed by atoms with E-state index in [4.69, 9.17) is 15.5 Å².